The number of rotatable bonds is 18. The molecular weight excluding hydrogens is 729 g/mol. The zero-order valence-corrected chi connectivity index (χ0v) is 32.6. The van der Waals surface area contributed by atoms with Gasteiger partial charge in [0.25, 0.3) is 0 Å². The molecule has 0 aliphatic rings. The summed E-state index contributed by atoms with van der Waals surface area (Å²) in [7, 11) is 0. The van der Waals surface area contributed by atoms with E-state index in [4.69, 9.17) is 11.5 Å². The van der Waals surface area contributed by atoms with Crippen LogP contribution in [0.5, 0.6) is 0 Å². The molecule has 8 N–H and O–H groups in total. The highest BCUT2D eigenvalue weighted by Crippen LogP contribution is 2.20. The van der Waals surface area contributed by atoms with Gasteiger partial charge in [-0.15, -0.1) is 0 Å². The molecule has 11 heteroatoms. The first-order valence-corrected chi connectivity index (χ1v) is 19.7. The van der Waals surface area contributed by atoms with Crippen LogP contribution in [0.2, 0.25) is 0 Å². The van der Waals surface area contributed by atoms with E-state index >= 15 is 0 Å². The van der Waals surface area contributed by atoms with Gasteiger partial charge < -0.3 is 32.7 Å². The minimum absolute atomic E-state index is 0.0818. The van der Waals surface area contributed by atoms with E-state index in [1.165, 1.54) is 6.92 Å². The molecule has 5 amide bonds. The highest BCUT2D eigenvalue weighted by Gasteiger charge is 2.31. The Morgan fingerprint density at radius 1 is 0.466 bits per heavy atom. The van der Waals surface area contributed by atoms with E-state index in [9.17, 15) is 24.0 Å². The lowest BCUT2D eigenvalue weighted by atomic mass is 9.98. The number of unbranched alkanes of at least 4 members (excludes halogenated alkanes) is 1. The molecule has 0 heterocycles. The van der Waals surface area contributed by atoms with Gasteiger partial charge in [0, 0.05) is 26.2 Å². The van der Waals surface area contributed by atoms with Crippen LogP contribution in [-0.4, -0.2) is 60.2 Å². The topological polar surface area (TPSA) is 186 Å². The second-order valence-electron chi connectivity index (χ2n) is 14.8. The van der Waals surface area contributed by atoms with Gasteiger partial charge in [0.15, 0.2) is 0 Å². The number of nitrogens with two attached hydrogens (primary N) is 2. The molecule has 298 valence electrons. The van der Waals surface area contributed by atoms with E-state index in [1.807, 2.05) is 127 Å². The van der Waals surface area contributed by atoms with Crippen LogP contribution in [-0.2, 0) is 43.2 Å². The van der Waals surface area contributed by atoms with Crippen LogP contribution < -0.4 is 32.7 Å². The lowest BCUT2D eigenvalue weighted by Crippen LogP contribution is -2.59. The van der Waals surface area contributed by atoms with E-state index in [0.717, 1.165) is 49.0 Å². The first-order valence-electron chi connectivity index (χ1n) is 19.7. The van der Waals surface area contributed by atoms with Gasteiger partial charge in [-0.05, 0) is 74.8 Å². The van der Waals surface area contributed by atoms with Gasteiger partial charge in [-0.1, -0.05) is 127 Å². The predicted octanol–water partition coefficient (Wildman–Crippen LogP) is 4.75. The van der Waals surface area contributed by atoms with Crippen molar-refractivity contribution < 1.29 is 24.0 Å². The van der Waals surface area contributed by atoms with Crippen LogP contribution in [0.1, 0.15) is 42.9 Å². The van der Waals surface area contributed by atoms with Gasteiger partial charge in [-0.25, -0.2) is 0 Å². The molecule has 0 unspecified atom stereocenters. The van der Waals surface area contributed by atoms with Crippen molar-refractivity contribution >= 4 is 61.9 Å². The second-order valence-corrected chi connectivity index (χ2v) is 14.8. The third-order valence-electron chi connectivity index (χ3n) is 10.3. The minimum Gasteiger partial charge on any atom is -0.368 e. The van der Waals surface area contributed by atoms with Gasteiger partial charge >= 0.3 is 0 Å². The third-order valence-corrected chi connectivity index (χ3v) is 10.3. The Bertz CT molecular complexity index is 2430. The van der Waals surface area contributed by atoms with E-state index in [-0.39, 0.29) is 25.7 Å². The lowest BCUT2D eigenvalue weighted by Gasteiger charge is -2.26. The number of carbonyl (C=O) groups is 5. The Hall–Kier alpha value is -6.59. The highest BCUT2D eigenvalue weighted by atomic mass is 16.2. The van der Waals surface area contributed by atoms with Crippen LogP contribution in [0.3, 0.4) is 0 Å². The second kappa shape index (κ2) is 19.5. The van der Waals surface area contributed by atoms with E-state index in [2.05, 4.69) is 21.3 Å². The Kier molecular flexibility index (Phi) is 13.8. The molecule has 58 heavy (non-hydrogen) atoms. The van der Waals surface area contributed by atoms with Crippen LogP contribution in [0, 0.1) is 0 Å². The molecule has 0 aliphatic carbocycles. The van der Waals surface area contributed by atoms with E-state index in [1.54, 1.807) is 0 Å². The smallest absolute Gasteiger partial charge is 0.243 e. The van der Waals surface area contributed by atoms with Gasteiger partial charge in [0.05, 0.1) is 0 Å². The first-order chi connectivity index (χ1) is 28.1. The van der Waals surface area contributed by atoms with Gasteiger partial charge in [0.2, 0.25) is 29.5 Å². The van der Waals surface area contributed by atoms with Crippen molar-refractivity contribution in [2.24, 2.45) is 11.5 Å². The van der Waals surface area contributed by atoms with Crippen LogP contribution >= 0.6 is 0 Å². The molecular formula is C47H50N6O5. The number of amides is 5. The number of hydrogen-bond donors (Lipinski definition) is 6. The molecule has 0 spiro atoms. The number of hydrogen-bond acceptors (Lipinski definition) is 6. The van der Waals surface area contributed by atoms with E-state index in [0.29, 0.717) is 19.4 Å². The summed E-state index contributed by atoms with van der Waals surface area (Å²) in [6.45, 7) is 1.76. The fraction of sp³-hybridized carbons (Fsp3) is 0.255. The molecule has 6 rings (SSSR count). The van der Waals surface area contributed by atoms with Gasteiger partial charge in [-0.3, -0.25) is 24.0 Å². The quantitative estimate of drug-likeness (QED) is 0.0685. The largest absolute Gasteiger partial charge is 0.368 e. The average molecular weight is 779 g/mol. The summed E-state index contributed by atoms with van der Waals surface area (Å²) in [5.41, 5.74) is 13.7. The van der Waals surface area contributed by atoms with Crippen molar-refractivity contribution in [3.05, 3.63) is 144 Å². The molecule has 11 nitrogen and oxygen atoms in total. The van der Waals surface area contributed by atoms with Crippen molar-refractivity contribution in [2.45, 2.75) is 69.6 Å². The molecule has 0 fully saturated rings. The molecule has 0 saturated heterocycles. The normalized spacial score (nSPS) is 13.3. The molecule has 0 aliphatic heterocycles. The summed E-state index contributed by atoms with van der Waals surface area (Å²) >= 11 is 0. The van der Waals surface area contributed by atoms with Crippen molar-refractivity contribution in [3.63, 3.8) is 0 Å². The summed E-state index contributed by atoms with van der Waals surface area (Å²) in [6, 6.07) is 36.6. The maximum atomic E-state index is 14.5. The Labute approximate surface area is 337 Å². The van der Waals surface area contributed by atoms with Crippen molar-refractivity contribution in [2.75, 3.05) is 6.54 Å². The molecule has 0 saturated carbocycles. The zero-order valence-electron chi connectivity index (χ0n) is 32.6. The standard InChI is InChI=1S/C47H50N6O5/c1-30(54)50-41(27-31-17-20-34-10-2-5-13-37(34)24-31)45(56)52-43(29-33-19-22-36-12-4-7-15-39(36)26-33)47(58)53-42(46(57)51-40(44(49)55)16-8-9-23-48)28-32-18-21-35-11-3-6-14-38(35)25-32/h2-7,10-15,17-22,24-26,40-43H,8-9,16,23,27-29,48H2,1H3,(H2,49,55)(H,50,54)(H,51,57)(H,52,56)(H,53,58)/t40-,41-,42+,43-/m1/s1. The Balaban J connectivity index is 1.30. The van der Waals surface area contributed by atoms with Crippen LogP contribution in [0.25, 0.3) is 32.3 Å². The third kappa shape index (κ3) is 11.0. The van der Waals surface area contributed by atoms with Crippen molar-refractivity contribution in [3.8, 4) is 0 Å². The highest BCUT2D eigenvalue weighted by molar-refractivity contribution is 5.96. The van der Waals surface area contributed by atoms with Crippen molar-refractivity contribution in [1.82, 2.24) is 21.3 Å². The number of primary amides is 1. The zero-order chi connectivity index (χ0) is 41.0. The maximum absolute atomic E-state index is 14.5. The molecule has 6 aromatic rings. The van der Waals surface area contributed by atoms with Gasteiger partial charge in [-0.2, -0.15) is 0 Å². The Morgan fingerprint density at radius 2 is 0.810 bits per heavy atom. The fourth-order valence-corrected chi connectivity index (χ4v) is 7.27. The summed E-state index contributed by atoms with van der Waals surface area (Å²) < 4.78 is 0. The number of nitrogens with one attached hydrogen (secondary N) is 4. The molecule has 0 aromatic heterocycles. The number of carbonyl (C=O) groups excluding carboxylic acids is 5. The molecule has 0 radical (unpaired) electrons. The Morgan fingerprint density at radius 3 is 1.16 bits per heavy atom. The lowest BCUT2D eigenvalue weighted by molar-refractivity contribution is -0.134. The number of fused-ring (bicyclic) bond motifs is 3. The average Bonchev–Trinajstić information content (AvgIpc) is 3.22. The van der Waals surface area contributed by atoms with Gasteiger partial charge in [0.1, 0.15) is 24.2 Å². The number of benzene rings is 6. The fourth-order valence-electron chi connectivity index (χ4n) is 7.27. The van der Waals surface area contributed by atoms with Crippen molar-refractivity contribution in [1.29, 1.82) is 0 Å². The monoisotopic (exact) mass is 778 g/mol. The maximum Gasteiger partial charge on any atom is 0.243 e. The summed E-state index contributed by atoms with van der Waals surface area (Å²) in [5.74, 6) is -2.87. The molecule has 4 atom stereocenters. The summed E-state index contributed by atoms with van der Waals surface area (Å²) in [6.07, 6.45) is 1.85. The van der Waals surface area contributed by atoms with Crippen LogP contribution in [0.15, 0.2) is 127 Å². The SMILES string of the molecule is CC(=O)N[C@H](Cc1ccc2ccccc2c1)C(=O)N[C@H](Cc1ccc2ccccc2c1)C(=O)N[C@@H](Cc1ccc2ccccc2c1)C(=O)N[C@H](CCCCN)C(N)=O. The van der Waals surface area contributed by atoms with E-state index < -0.39 is 53.7 Å². The summed E-state index contributed by atoms with van der Waals surface area (Å²) in [4.78, 5) is 67.7. The molecule has 0 bridgehead atoms. The molecule has 6 aromatic carbocycles. The van der Waals surface area contributed by atoms with Crippen LogP contribution in [0.4, 0.5) is 0 Å². The first kappa shape index (κ1) is 41.1. The predicted molar refractivity (Wildman–Crippen MR) is 228 cm³/mol. The summed E-state index contributed by atoms with van der Waals surface area (Å²) in [5, 5.41) is 17.3. The minimum atomic E-state index is -1.16.